The Balaban J connectivity index is 0.00000456. The van der Waals surface area contributed by atoms with E-state index >= 15 is 0 Å². The van der Waals surface area contributed by atoms with Crippen LogP contribution in [0.1, 0.15) is 30.9 Å². The number of hydrogen-bond donors (Lipinski definition) is 1. The highest BCUT2D eigenvalue weighted by Gasteiger charge is 2.34. The molecule has 1 heterocycles. The van der Waals surface area contributed by atoms with Crippen LogP contribution in [0.5, 0.6) is 0 Å². The molecule has 0 unspecified atom stereocenters. The Labute approximate surface area is 229 Å². The molecule has 2 atom stereocenters. The highest BCUT2D eigenvalue weighted by molar-refractivity contribution is 6.40. The molecule has 0 saturated carbocycles. The predicted molar refractivity (Wildman–Crippen MR) is 149 cm³/mol. The normalized spacial score (nSPS) is 18.0. The molecule has 0 radical (unpaired) electrons. The second-order valence-electron chi connectivity index (χ2n) is 9.36. The van der Waals surface area contributed by atoms with Crippen LogP contribution < -0.4 is 10.2 Å². The van der Waals surface area contributed by atoms with Gasteiger partial charge in [-0.3, -0.25) is 9.59 Å². The van der Waals surface area contributed by atoms with Crippen LogP contribution in [0.3, 0.4) is 0 Å². The number of piperidine rings is 1. The van der Waals surface area contributed by atoms with Crippen molar-refractivity contribution in [2.45, 2.75) is 26.2 Å². The number of benzene rings is 2. The minimum Gasteiger partial charge on any atom is -0.353 e. The number of halogens is 4. The molecule has 196 valence electrons. The topological polar surface area (TPSA) is 52.7 Å². The van der Waals surface area contributed by atoms with Crippen LogP contribution in [-0.2, 0) is 16.0 Å². The van der Waals surface area contributed by atoms with Crippen molar-refractivity contribution >= 4 is 59.2 Å². The van der Waals surface area contributed by atoms with Crippen molar-refractivity contribution in [3.8, 4) is 0 Å². The summed E-state index contributed by atoms with van der Waals surface area (Å²) in [7, 11) is 3.97. The minimum atomic E-state index is -0.238. The van der Waals surface area contributed by atoms with Gasteiger partial charge >= 0.3 is 0 Å². The molecule has 9 heteroatoms. The smallest absolute Gasteiger partial charge is 0.243 e. The van der Waals surface area contributed by atoms with E-state index in [2.05, 4.69) is 10.2 Å². The van der Waals surface area contributed by atoms with Crippen molar-refractivity contribution in [1.29, 1.82) is 0 Å². The van der Waals surface area contributed by atoms with E-state index in [9.17, 15) is 14.0 Å². The second-order valence-corrected chi connectivity index (χ2v) is 10.2. The highest BCUT2D eigenvalue weighted by atomic mass is 35.5. The Hall–Kier alpha value is -2.12. The van der Waals surface area contributed by atoms with Gasteiger partial charge in [-0.2, -0.15) is 0 Å². The molecule has 0 aliphatic carbocycles. The minimum absolute atomic E-state index is 0. The lowest BCUT2D eigenvalue weighted by molar-refractivity contribution is -0.124. The molecule has 3 rings (SSSR count). The first-order chi connectivity index (χ1) is 16.7. The molecule has 2 aromatic rings. The van der Waals surface area contributed by atoms with E-state index in [1.807, 2.05) is 27.1 Å². The summed E-state index contributed by atoms with van der Waals surface area (Å²) in [6.07, 6.45) is 5.14. The molecule has 2 aromatic carbocycles. The third kappa shape index (κ3) is 8.20. The molecule has 1 aliphatic heterocycles. The summed E-state index contributed by atoms with van der Waals surface area (Å²) in [6, 6.07) is 10.1. The van der Waals surface area contributed by atoms with Gasteiger partial charge < -0.3 is 15.1 Å². The number of nitrogens with zero attached hydrogens (tertiary/aromatic N) is 2. The largest absolute Gasteiger partial charge is 0.353 e. The fraction of sp³-hybridized carbons (Fsp3) is 0.407. The van der Waals surface area contributed by atoms with E-state index in [-0.39, 0.29) is 41.9 Å². The monoisotopic (exact) mass is 555 g/mol. The van der Waals surface area contributed by atoms with Gasteiger partial charge in [0.25, 0.3) is 0 Å². The standard InChI is InChI=1S/C27H32Cl2FN3O2.ClH/c1-18-13-20(14-21-7-4-5-8-24(21)30)17-33(27(18)35)26-22(28)15-19(16-23(26)29)9-10-25(34)31-11-6-12-32(2)3;/h4-5,7-10,15-16,18,20H,6,11-14,17H2,1-3H3,(H,31,34);1H/b10-9+;/t18-,20-;/m1./s1. The zero-order chi connectivity index (χ0) is 25.5. The van der Waals surface area contributed by atoms with Gasteiger partial charge in [0.2, 0.25) is 11.8 Å². The summed E-state index contributed by atoms with van der Waals surface area (Å²) in [6.45, 7) is 3.76. The number of hydrogen-bond acceptors (Lipinski definition) is 3. The Morgan fingerprint density at radius 1 is 1.22 bits per heavy atom. The van der Waals surface area contributed by atoms with Crippen LogP contribution in [0.2, 0.25) is 10.0 Å². The van der Waals surface area contributed by atoms with Gasteiger partial charge in [-0.05, 0) is 81.2 Å². The fourth-order valence-electron chi connectivity index (χ4n) is 4.39. The van der Waals surface area contributed by atoms with Gasteiger partial charge in [0.15, 0.2) is 0 Å². The predicted octanol–water partition coefficient (Wildman–Crippen LogP) is 5.87. The Morgan fingerprint density at radius 3 is 2.53 bits per heavy atom. The maximum atomic E-state index is 14.2. The molecule has 0 aromatic heterocycles. The summed E-state index contributed by atoms with van der Waals surface area (Å²) in [5, 5.41) is 3.50. The average molecular weight is 557 g/mol. The van der Waals surface area contributed by atoms with Crippen LogP contribution in [0, 0.1) is 17.7 Å². The van der Waals surface area contributed by atoms with Gasteiger partial charge in [-0.1, -0.05) is 48.3 Å². The van der Waals surface area contributed by atoms with E-state index in [4.69, 9.17) is 23.2 Å². The van der Waals surface area contributed by atoms with E-state index in [0.717, 1.165) is 13.0 Å². The highest BCUT2D eigenvalue weighted by Crippen LogP contribution is 2.39. The summed E-state index contributed by atoms with van der Waals surface area (Å²) in [5.74, 6) is -0.654. The van der Waals surface area contributed by atoms with Crippen molar-refractivity contribution in [1.82, 2.24) is 10.2 Å². The zero-order valence-corrected chi connectivity index (χ0v) is 23.1. The lowest BCUT2D eigenvalue weighted by Crippen LogP contribution is -2.45. The summed E-state index contributed by atoms with van der Waals surface area (Å²) >= 11 is 13.2. The van der Waals surface area contributed by atoms with Gasteiger partial charge in [-0.25, -0.2) is 4.39 Å². The average Bonchev–Trinajstić information content (AvgIpc) is 2.79. The number of amides is 2. The van der Waals surface area contributed by atoms with Crippen LogP contribution in [0.25, 0.3) is 6.08 Å². The van der Waals surface area contributed by atoms with Gasteiger partial charge in [0.05, 0.1) is 15.7 Å². The Bertz CT molecular complexity index is 1070. The first-order valence-electron chi connectivity index (χ1n) is 11.8. The van der Waals surface area contributed by atoms with Gasteiger partial charge in [0.1, 0.15) is 5.82 Å². The first kappa shape index (κ1) is 30.1. The number of carbonyl (C=O) groups is 2. The molecular weight excluding hydrogens is 524 g/mol. The third-order valence-corrected chi connectivity index (χ3v) is 6.68. The van der Waals surface area contributed by atoms with Crippen LogP contribution in [0.4, 0.5) is 10.1 Å². The lowest BCUT2D eigenvalue weighted by Gasteiger charge is -2.37. The second kappa shape index (κ2) is 14.0. The molecule has 2 amide bonds. The van der Waals surface area contributed by atoms with Crippen LogP contribution >= 0.6 is 35.6 Å². The SMILES string of the molecule is C[C@@H]1C[C@H](Cc2ccccc2F)CN(c2c(Cl)cc(/C=C/C(=O)NCCCN(C)C)cc2Cl)C1=O.Cl. The molecule has 36 heavy (non-hydrogen) atoms. The van der Waals surface area contributed by atoms with E-state index in [0.29, 0.717) is 52.8 Å². The number of carbonyl (C=O) groups excluding carboxylic acids is 2. The molecule has 1 saturated heterocycles. The van der Waals surface area contributed by atoms with Crippen molar-refractivity contribution in [3.05, 3.63) is 69.5 Å². The molecular formula is C27H33Cl3FN3O2. The lowest BCUT2D eigenvalue weighted by atomic mass is 9.85. The van der Waals surface area contributed by atoms with Crippen LogP contribution in [0.15, 0.2) is 42.5 Å². The zero-order valence-electron chi connectivity index (χ0n) is 20.8. The number of nitrogens with one attached hydrogen (secondary N) is 1. The van der Waals surface area contributed by atoms with E-state index in [1.54, 1.807) is 35.2 Å². The molecule has 1 aliphatic rings. The van der Waals surface area contributed by atoms with Crippen molar-refractivity contribution in [2.24, 2.45) is 11.8 Å². The number of anilines is 1. The first-order valence-corrected chi connectivity index (χ1v) is 12.6. The Morgan fingerprint density at radius 2 is 1.89 bits per heavy atom. The summed E-state index contributed by atoms with van der Waals surface area (Å²) < 4.78 is 14.2. The van der Waals surface area contributed by atoms with Crippen molar-refractivity contribution in [2.75, 3.05) is 38.6 Å². The van der Waals surface area contributed by atoms with Crippen molar-refractivity contribution in [3.63, 3.8) is 0 Å². The van der Waals surface area contributed by atoms with Crippen molar-refractivity contribution < 1.29 is 14.0 Å². The number of rotatable bonds is 9. The third-order valence-electron chi connectivity index (χ3n) is 6.10. The van der Waals surface area contributed by atoms with E-state index in [1.165, 1.54) is 12.1 Å². The molecule has 1 N–H and O–H groups in total. The summed E-state index contributed by atoms with van der Waals surface area (Å²) in [5.41, 5.74) is 1.75. The summed E-state index contributed by atoms with van der Waals surface area (Å²) in [4.78, 5) is 28.8. The molecule has 0 spiro atoms. The van der Waals surface area contributed by atoms with Crippen LogP contribution in [-0.4, -0.2) is 50.4 Å². The maximum absolute atomic E-state index is 14.2. The van der Waals surface area contributed by atoms with E-state index < -0.39 is 0 Å². The molecule has 0 bridgehead atoms. The fourth-order valence-corrected chi connectivity index (χ4v) is 5.10. The van der Waals surface area contributed by atoms with Gasteiger partial charge in [-0.15, -0.1) is 12.4 Å². The molecule has 1 fully saturated rings. The molecule has 5 nitrogen and oxygen atoms in total. The Kier molecular flexibility index (Phi) is 11.7. The maximum Gasteiger partial charge on any atom is 0.243 e. The quantitative estimate of drug-likeness (QED) is 0.311. The van der Waals surface area contributed by atoms with Gasteiger partial charge in [0, 0.05) is 25.1 Å².